The fourth-order valence-corrected chi connectivity index (χ4v) is 1.71. The fraction of sp³-hybridized carbons (Fsp3) is 0.467. The Morgan fingerprint density at radius 3 is 2.60 bits per heavy atom. The summed E-state index contributed by atoms with van der Waals surface area (Å²) in [6.07, 6.45) is 0.391. The first kappa shape index (κ1) is 16.2. The number of carboxylic acids is 1. The summed E-state index contributed by atoms with van der Waals surface area (Å²) in [5.74, 6) is -0.482. The summed E-state index contributed by atoms with van der Waals surface area (Å²) in [5, 5.41) is 15.0. The third-order valence-electron chi connectivity index (χ3n) is 2.80. The van der Waals surface area contributed by atoms with E-state index in [1.807, 2.05) is 13.8 Å². The van der Waals surface area contributed by atoms with E-state index in [9.17, 15) is 9.59 Å². The predicted octanol–water partition coefficient (Wildman–Crippen LogP) is 1.64. The predicted molar refractivity (Wildman–Crippen MR) is 77.6 cm³/mol. The number of carboxylic acid groups (broad SMARTS) is 1. The van der Waals surface area contributed by atoms with E-state index in [1.165, 1.54) is 0 Å². The van der Waals surface area contributed by atoms with Gasteiger partial charge in [-0.1, -0.05) is 32.0 Å². The van der Waals surface area contributed by atoms with Gasteiger partial charge in [0.2, 0.25) is 5.91 Å². The van der Waals surface area contributed by atoms with Gasteiger partial charge in [-0.25, -0.2) is 4.79 Å². The van der Waals surface area contributed by atoms with E-state index in [-0.39, 0.29) is 5.91 Å². The molecule has 0 aliphatic carbocycles. The van der Waals surface area contributed by atoms with Crippen LogP contribution in [0, 0.1) is 5.92 Å². The van der Waals surface area contributed by atoms with Crippen molar-refractivity contribution in [3.05, 3.63) is 35.4 Å². The van der Waals surface area contributed by atoms with Crippen molar-refractivity contribution in [1.82, 2.24) is 10.6 Å². The number of amides is 1. The van der Waals surface area contributed by atoms with Crippen LogP contribution in [0.3, 0.4) is 0 Å². The highest BCUT2D eigenvalue weighted by molar-refractivity contribution is 5.89. The van der Waals surface area contributed by atoms with Gasteiger partial charge in [-0.05, 0) is 17.5 Å². The molecular weight excluding hydrogens is 256 g/mol. The number of aromatic carboxylic acids is 1. The van der Waals surface area contributed by atoms with Gasteiger partial charge in [-0.3, -0.25) is 4.79 Å². The maximum absolute atomic E-state index is 11.5. The Bertz CT molecular complexity index is 458. The van der Waals surface area contributed by atoms with Crippen LogP contribution in [0.25, 0.3) is 0 Å². The molecule has 0 aliphatic heterocycles. The van der Waals surface area contributed by atoms with Crippen LogP contribution in [0.15, 0.2) is 24.3 Å². The highest BCUT2D eigenvalue weighted by Crippen LogP contribution is 2.08. The van der Waals surface area contributed by atoms with Crippen LogP contribution in [0.4, 0.5) is 0 Å². The van der Waals surface area contributed by atoms with Crippen LogP contribution in [0.2, 0.25) is 0 Å². The second-order valence-electron chi connectivity index (χ2n) is 5.09. The Morgan fingerprint density at radius 2 is 1.95 bits per heavy atom. The van der Waals surface area contributed by atoms with Gasteiger partial charge in [-0.2, -0.15) is 0 Å². The molecule has 5 heteroatoms. The van der Waals surface area contributed by atoms with Gasteiger partial charge in [0, 0.05) is 26.1 Å². The van der Waals surface area contributed by atoms with Gasteiger partial charge in [0.1, 0.15) is 0 Å². The molecule has 1 amide bonds. The van der Waals surface area contributed by atoms with Gasteiger partial charge < -0.3 is 15.7 Å². The molecule has 1 aromatic carbocycles. The Kier molecular flexibility index (Phi) is 6.73. The minimum absolute atomic E-state index is 0.0118. The first-order chi connectivity index (χ1) is 9.50. The first-order valence-electron chi connectivity index (χ1n) is 6.79. The van der Waals surface area contributed by atoms with Crippen molar-refractivity contribution in [1.29, 1.82) is 0 Å². The lowest BCUT2D eigenvalue weighted by atomic mass is 10.1. The lowest BCUT2D eigenvalue weighted by Gasteiger charge is -2.09. The number of carbonyl (C=O) groups is 2. The number of carbonyl (C=O) groups excluding carboxylic acids is 1. The molecule has 0 atom stereocenters. The minimum Gasteiger partial charge on any atom is -0.478 e. The van der Waals surface area contributed by atoms with Crippen LogP contribution in [0.1, 0.15) is 36.2 Å². The number of hydrogen-bond acceptors (Lipinski definition) is 3. The molecule has 3 N–H and O–H groups in total. The van der Waals surface area contributed by atoms with Crippen molar-refractivity contribution in [2.24, 2.45) is 5.92 Å². The highest BCUT2D eigenvalue weighted by Gasteiger charge is 2.08. The van der Waals surface area contributed by atoms with E-state index < -0.39 is 5.97 Å². The van der Waals surface area contributed by atoms with Crippen molar-refractivity contribution in [2.45, 2.75) is 26.8 Å². The second kappa shape index (κ2) is 8.32. The topological polar surface area (TPSA) is 78.4 Å². The summed E-state index contributed by atoms with van der Waals surface area (Å²) in [6, 6.07) is 6.86. The largest absolute Gasteiger partial charge is 0.478 e. The molecule has 0 fully saturated rings. The van der Waals surface area contributed by atoms with Crippen molar-refractivity contribution in [3.63, 3.8) is 0 Å². The average molecular weight is 278 g/mol. The van der Waals surface area contributed by atoms with Crippen molar-refractivity contribution in [3.8, 4) is 0 Å². The summed E-state index contributed by atoms with van der Waals surface area (Å²) in [6.45, 7) is 5.74. The summed E-state index contributed by atoms with van der Waals surface area (Å²) in [7, 11) is 0. The molecule has 0 radical (unpaired) electrons. The van der Waals surface area contributed by atoms with Crippen molar-refractivity contribution in [2.75, 3.05) is 13.1 Å². The Labute approximate surface area is 119 Å². The zero-order valence-electron chi connectivity index (χ0n) is 12.0. The third-order valence-corrected chi connectivity index (χ3v) is 2.80. The Balaban J connectivity index is 2.31. The summed E-state index contributed by atoms with van der Waals surface area (Å²) in [5.41, 5.74) is 1.02. The summed E-state index contributed by atoms with van der Waals surface area (Å²) in [4.78, 5) is 22.5. The molecule has 0 spiro atoms. The third kappa shape index (κ3) is 5.84. The van der Waals surface area contributed by atoms with Crippen molar-refractivity contribution < 1.29 is 14.7 Å². The van der Waals surface area contributed by atoms with E-state index >= 15 is 0 Å². The maximum Gasteiger partial charge on any atom is 0.336 e. The van der Waals surface area contributed by atoms with Crippen LogP contribution in [0.5, 0.6) is 0 Å². The average Bonchev–Trinajstić information content (AvgIpc) is 2.41. The molecule has 5 nitrogen and oxygen atoms in total. The molecule has 0 aliphatic rings. The van der Waals surface area contributed by atoms with E-state index in [2.05, 4.69) is 10.6 Å². The fourth-order valence-electron chi connectivity index (χ4n) is 1.71. The maximum atomic E-state index is 11.5. The summed E-state index contributed by atoms with van der Waals surface area (Å²) >= 11 is 0. The summed E-state index contributed by atoms with van der Waals surface area (Å²) < 4.78 is 0. The Hall–Kier alpha value is -1.88. The van der Waals surface area contributed by atoms with Gasteiger partial charge in [0.05, 0.1) is 5.56 Å². The van der Waals surface area contributed by atoms with Crippen molar-refractivity contribution >= 4 is 11.9 Å². The monoisotopic (exact) mass is 278 g/mol. The van der Waals surface area contributed by atoms with Crippen LogP contribution in [-0.2, 0) is 11.3 Å². The molecule has 0 bridgehead atoms. The molecule has 110 valence electrons. The number of nitrogens with one attached hydrogen (secondary N) is 2. The number of rotatable bonds is 8. The number of benzene rings is 1. The van der Waals surface area contributed by atoms with Crippen LogP contribution in [-0.4, -0.2) is 30.1 Å². The lowest BCUT2D eigenvalue weighted by molar-refractivity contribution is -0.121. The van der Waals surface area contributed by atoms with E-state index in [0.717, 1.165) is 5.56 Å². The van der Waals surface area contributed by atoms with E-state index in [4.69, 9.17) is 5.11 Å². The minimum atomic E-state index is -0.933. The van der Waals surface area contributed by atoms with E-state index in [0.29, 0.717) is 37.5 Å². The van der Waals surface area contributed by atoms with Crippen LogP contribution < -0.4 is 10.6 Å². The van der Waals surface area contributed by atoms with Crippen LogP contribution >= 0.6 is 0 Å². The zero-order chi connectivity index (χ0) is 15.0. The molecule has 0 saturated carbocycles. The molecule has 1 rings (SSSR count). The zero-order valence-corrected chi connectivity index (χ0v) is 12.0. The first-order valence-corrected chi connectivity index (χ1v) is 6.79. The molecule has 20 heavy (non-hydrogen) atoms. The van der Waals surface area contributed by atoms with Gasteiger partial charge in [-0.15, -0.1) is 0 Å². The number of hydrogen-bond donors (Lipinski definition) is 3. The van der Waals surface area contributed by atoms with Gasteiger partial charge >= 0.3 is 5.97 Å². The Morgan fingerprint density at radius 1 is 1.25 bits per heavy atom. The molecule has 1 aromatic rings. The molecule has 0 saturated heterocycles. The molecule has 0 heterocycles. The quantitative estimate of drug-likeness (QED) is 0.632. The molecule has 0 aromatic heterocycles. The van der Waals surface area contributed by atoms with Gasteiger partial charge in [0.25, 0.3) is 0 Å². The lowest BCUT2D eigenvalue weighted by Crippen LogP contribution is -2.30. The normalized spacial score (nSPS) is 10.6. The highest BCUT2D eigenvalue weighted by atomic mass is 16.4. The molecular formula is C15H22N2O3. The standard InChI is InChI=1S/C15H22N2O3/c1-11(2)9-17-14(18)7-8-16-10-12-5-3-4-6-13(12)15(19)20/h3-6,11,16H,7-10H2,1-2H3,(H,17,18)(H,19,20). The van der Waals surface area contributed by atoms with Gasteiger partial charge in [0.15, 0.2) is 0 Å². The second-order valence-corrected chi connectivity index (χ2v) is 5.09. The SMILES string of the molecule is CC(C)CNC(=O)CCNCc1ccccc1C(=O)O. The molecule has 0 unspecified atom stereocenters. The smallest absolute Gasteiger partial charge is 0.336 e. The van der Waals surface area contributed by atoms with E-state index in [1.54, 1.807) is 24.3 Å².